The second-order valence-corrected chi connectivity index (χ2v) is 25.3. The molecule has 2 amide bonds. The Bertz CT molecular complexity index is 2810. The summed E-state index contributed by atoms with van der Waals surface area (Å²) in [4.78, 5) is 45.8. The maximum absolute atomic E-state index is 13.0. The molecule has 1 atom stereocenters. The molecule has 2 aromatic carbocycles. The Morgan fingerprint density at radius 2 is 1.12 bits per heavy atom. The zero-order valence-corrected chi connectivity index (χ0v) is 55.4. The maximum Gasteiger partial charge on any atom is 0.333 e. The summed E-state index contributed by atoms with van der Waals surface area (Å²) in [5.41, 5.74) is 2.40. The quantitative estimate of drug-likeness (QED) is 0.0289. The van der Waals surface area contributed by atoms with Gasteiger partial charge in [-0.2, -0.15) is 16.8 Å². The van der Waals surface area contributed by atoms with E-state index in [1.165, 1.54) is 18.2 Å². The first-order chi connectivity index (χ1) is 43.5. The van der Waals surface area contributed by atoms with Crippen molar-refractivity contribution in [1.29, 1.82) is 0 Å². The number of phenolic OH excluding ortho intramolecular Hbond substituents is 1. The number of hydroxylamine groups is 2. The first kappa shape index (κ1) is 78.2. The molecule has 0 aromatic heterocycles. The predicted molar refractivity (Wildman–Crippen MR) is 339 cm³/mol. The molecule has 4 rings (SSSR count). The zero-order valence-electron chi connectivity index (χ0n) is 53.8. The van der Waals surface area contributed by atoms with Gasteiger partial charge in [-0.3, -0.25) is 18.7 Å². The molecule has 2 aliphatic heterocycles. The Hall–Kier alpha value is -5.25. The maximum atomic E-state index is 13.0. The Kier molecular flexibility index (Phi) is 36.2. The number of hydrogen-bond acceptors (Lipinski definition) is 23. The van der Waals surface area contributed by atoms with Gasteiger partial charge in [-0.05, 0) is 84.7 Å². The molecule has 2 aromatic rings. The minimum absolute atomic E-state index is 0.0134. The van der Waals surface area contributed by atoms with Gasteiger partial charge >= 0.3 is 5.97 Å². The van der Waals surface area contributed by atoms with Gasteiger partial charge in [0.05, 0.1) is 156 Å². The molecule has 2 heterocycles. The number of phenols is 1. The van der Waals surface area contributed by atoms with E-state index in [1.807, 2.05) is 39.0 Å². The summed E-state index contributed by atoms with van der Waals surface area (Å²) in [6.45, 7) is 22.6. The smallest absolute Gasteiger partial charge is 0.333 e. The fourth-order valence-corrected chi connectivity index (χ4v) is 10.6. The fourth-order valence-electron chi connectivity index (χ4n) is 9.60. The number of nitrogens with zero attached hydrogens (tertiary/aromatic N) is 3. The van der Waals surface area contributed by atoms with Crippen LogP contribution in [-0.4, -0.2) is 239 Å². The topological polar surface area (TPSA) is 310 Å². The number of benzene rings is 2. The molecule has 0 spiro atoms. The SMILES string of the molecule is C=C(/C=C(\c1ccc(N(CCOCCOCCOCCOCCOCCOC)CCOCCOCCOCCOCCOCCOC)cc1O)C(C)(C)C)/C=C/C=C1/N(CCCS(=O)(=O)O)c2ccc(S(=O)(=O)O)cc2C1(C)CCCC(=O)ON1C(=O)CCC1=O. The van der Waals surface area contributed by atoms with Crippen LogP contribution in [0.3, 0.4) is 0 Å². The van der Waals surface area contributed by atoms with Crippen LogP contribution in [0.4, 0.5) is 11.4 Å². The number of imide groups is 1. The highest BCUT2D eigenvalue weighted by Gasteiger charge is 2.44. The van der Waals surface area contributed by atoms with Crippen molar-refractivity contribution in [2.24, 2.45) is 5.41 Å². The molecule has 1 saturated heterocycles. The molecular formula is C63H97N3O23S2. The van der Waals surface area contributed by atoms with Crippen LogP contribution < -0.4 is 9.80 Å². The lowest BCUT2D eigenvalue weighted by atomic mass is 9.77. The summed E-state index contributed by atoms with van der Waals surface area (Å²) < 4.78 is 135. The van der Waals surface area contributed by atoms with E-state index in [1.54, 1.807) is 50.3 Å². The number of carbonyl (C=O) groups excluding carboxylic acids is 3. The molecule has 28 heteroatoms. The van der Waals surface area contributed by atoms with Crippen LogP contribution in [0.15, 0.2) is 83.4 Å². The molecule has 0 saturated carbocycles. The van der Waals surface area contributed by atoms with E-state index in [0.29, 0.717) is 192 Å². The molecule has 514 valence electrons. The van der Waals surface area contributed by atoms with Crippen LogP contribution in [0, 0.1) is 5.41 Å². The molecule has 2 aliphatic rings. The molecule has 0 radical (unpaired) electrons. The van der Waals surface area contributed by atoms with Gasteiger partial charge < -0.3 is 76.6 Å². The van der Waals surface area contributed by atoms with Crippen LogP contribution >= 0.6 is 0 Å². The minimum Gasteiger partial charge on any atom is -0.507 e. The van der Waals surface area contributed by atoms with E-state index in [9.17, 15) is 45.4 Å². The fraction of sp³-hybridized carbons (Fsp3) is 0.635. The number of aromatic hydroxyl groups is 1. The van der Waals surface area contributed by atoms with Gasteiger partial charge in [0.25, 0.3) is 32.1 Å². The van der Waals surface area contributed by atoms with E-state index in [-0.39, 0.29) is 50.8 Å². The van der Waals surface area contributed by atoms with Crippen molar-refractivity contribution in [2.45, 2.75) is 76.5 Å². The number of carbonyl (C=O) groups is 3. The van der Waals surface area contributed by atoms with Gasteiger partial charge in [0.1, 0.15) is 5.75 Å². The summed E-state index contributed by atoms with van der Waals surface area (Å²) in [5, 5.41) is 12.3. The predicted octanol–water partition coefficient (Wildman–Crippen LogP) is 6.16. The van der Waals surface area contributed by atoms with E-state index >= 15 is 0 Å². The third kappa shape index (κ3) is 29.7. The number of rotatable bonds is 51. The number of fused-ring (bicyclic) bond motifs is 1. The van der Waals surface area contributed by atoms with Gasteiger partial charge in [-0.25, -0.2) is 4.79 Å². The Labute approximate surface area is 537 Å². The second-order valence-electron chi connectivity index (χ2n) is 22.3. The molecule has 3 N–H and O–H groups in total. The Morgan fingerprint density at radius 1 is 0.659 bits per heavy atom. The lowest BCUT2D eigenvalue weighted by molar-refractivity contribution is -0.197. The highest BCUT2D eigenvalue weighted by molar-refractivity contribution is 7.86. The number of anilines is 2. The van der Waals surface area contributed by atoms with Crippen LogP contribution in [0.1, 0.15) is 77.3 Å². The lowest BCUT2D eigenvalue weighted by Gasteiger charge is -2.30. The van der Waals surface area contributed by atoms with Gasteiger partial charge in [0.2, 0.25) is 0 Å². The standard InChI is InChI=1S/C63H97N3O23S2/c1-50(11-8-12-58-63(5,20-9-13-61(70)89-66-59(68)18-19-60(66)69)55-49-52(91(74,75)76)15-17-56(55)65(58)21-10-46-90(71,72)73)47-54(62(2,3)4)53-16-14-51(48-57(53)67)64(22-24-79-30-32-83-38-40-87-44-42-85-36-34-81-28-26-77-6)23-25-80-31-33-84-39-41-88-45-43-86-37-35-82-29-27-78-7/h8,11-12,14-17,47-49,67H,1,9-10,13,18-46H2,2-7H3,(H,71,72,73)(H,74,75,76)/b11-8+,54-47+,58-12+. The van der Waals surface area contributed by atoms with E-state index < -0.39 is 59.5 Å². The number of amides is 2. The first-order valence-electron chi connectivity index (χ1n) is 30.5. The summed E-state index contributed by atoms with van der Waals surface area (Å²) in [6, 6.07) is 9.50. The van der Waals surface area contributed by atoms with Crippen molar-refractivity contribution in [1.82, 2.24) is 5.06 Å². The highest BCUT2D eigenvalue weighted by Crippen LogP contribution is 2.51. The van der Waals surface area contributed by atoms with Crippen LogP contribution in [-0.2, 0) is 102 Å². The van der Waals surface area contributed by atoms with Crippen LogP contribution in [0.25, 0.3) is 5.57 Å². The summed E-state index contributed by atoms with van der Waals surface area (Å²) >= 11 is 0. The zero-order chi connectivity index (χ0) is 66.6. The molecule has 0 aliphatic carbocycles. The molecule has 26 nitrogen and oxygen atoms in total. The van der Waals surface area contributed by atoms with E-state index in [0.717, 1.165) is 11.3 Å². The highest BCUT2D eigenvalue weighted by atomic mass is 32.2. The molecule has 0 bridgehead atoms. The molecule has 1 fully saturated rings. The van der Waals surface area contributed by atoms with Crippen molar-refractivity contribution < 1.29 is 107 Å². The van der Waals surface area contributed by atoms with E-state index in [2.05, 4.69) is 11.5 Å². The third-order valence-electron chi connectivity index (χ3n) is 14.2. The summed E-state index contributed by atoms with van der Waals surface area (Å²) in [6.07, 6.45) is 6.90. The number of hydrogen-bond donors (Lipinski definition) is 3. The van der Waals surface area contributed by atoms with Gasteiger partial charge in [0.15, 0.2) is 0 Å². The van der Waals surface area contributed by atoms with Crippen molar-refractivity contribution in [3.63, 3.8) is 0 Å². The average Bonchev–Trinajstić information content (AvgIpc) is 1.59. The second kappa shape index (κ2) is 42.2. The van der Waals surface area contributed by atoms with Crippen LogP contribution in [0.2, 0.25) is 0 Å². The molecule has 91 heavy (non-hydrogen) atoms. The lowest BCUT2D eigenvalue weighted by Crippen LogP contribution is -2.32. The molecule has 1 unspecified atom stereocenters. The monoisotopic (exact) mass is 1330 g/mol. The normalized spacial score (nSPS) is 16.1. The summed E-state index contributed by atoms with van der Waals surface area (Å²) in [7, 11) is -5.83. The van der Waals surface area contributed by atoms with Crippen molar-refractivity contribution >= 4 is 55.0 Å². The Morgan fingerprint density at radius 3 is 1.55 bits per heavy atom. The van der Waals surface area contributed by atoms with E-state index in [4.69, 9.17) is 61.7 Å². The minimum atomic E-state index is -4.70. The van der Waals surface area contributed by atoms with Crippen molar-refractivity contribution in [3.05, 3.63) is 89.7 Å². The number of allylic oxidation sites excluding steroid dienone is 7. The van der Waals surface area contributed by atoms with Gasteiger partial charge in [-0.15, -0.1) is 5.06 Å². The van der Waals surface area contributed by atoms with Crippen molar-refractivity contribution in [3.8, 4) is 5.75 Å². The average molecular weight is 1330 g/mol. The third-order valence-corrected chi connectivity index (χ3v) is 15.9. The number of methoxy groups -OCH3 is 2. The molecular weight excluding hydrogens is 1230 g/mol. The van der Waals surface area contributed by atoms with Gasteiger partial charge in [0, 0.05) is 87.2 Å². The Balaban J connectivity index is 1.47. The van der Waals surface area contributed by atoms with Gasteiger partial charge in [-0.1, -0.05) is 45.6 Å². The summed E-state index contributed by atoms with van der Waals surface area (Å²) in [5.74, 6) is -2.67. The van der Waals surface area contributed by atoms with Crippen LogP contribution in [0.5, 0.6) is 5.75 Å². The largest absolute Gasteiger partial charge is 0.507 e. The van der Waals surface area contributed by atoms with Crippen molar-refractivity contribution in [2.75, 3.05) is 195 Å². The first-order valence-corrected chi connectivity index (χ1v) is 33.6. The number of ether oxygens (including phenoxy) is 12.